The zero-order valence-corrected chi connectivity index (χ0v) is 7.53. The molecule has 1 aromatic carbocycles. The molecule has 1 rings (SSSR count). The summed E-state index contributed by atoms with van der Waals surface area (Å²) < 4.78 is 4.22. The van der Waals surface area contributed by atoms with Crippen LogP contribution in [0.4, 0.5) is 0 Å². The van der Waals surface area contributed by atoms with Crippen molar-refractivity contribution in [3.63, 3.8) is 0 Å². The molecule has 0 unspecified atom stereocenters. The Labute approximate surface area is 76.3 Å². The zero-order chi connectivity index (χ0) is 9.84. The van der Waals surface area contributed by atoms with Gasteiger partial charge in [-0.15, -0.1) is 0 Å². The van der Waals surface area contributed by atoms with Gasteiger partial charge in [0.05, 0.1) is 5.56 Å². The van der Waals surface area contributed by atoms with Gasteiger partial charge in [-0.25, -0.2) is 4.79 Å². The van der Waals surface area contributed by atoms with E-state index in [9.17, 15) is 9.59 Å². The average Bonchev–Trinajstić information content (AvgIpc) is 2.03. The van der Waals surface area contributed by atoms with Crippen molar-refractivity contribution < 1.29 is 14.3 Å². The van der Waals surface area contributed by atoms with Crippen LogP contribution < -0.4 is 0 Å². The van der Waals surface area contributed by atoms with E-state index in [2.05, 4.69) is 4.74 Å². The number of ether oxygens (including phenoxy) is 1. The van der Waals surface area contributed by atoms with Crippen LogP contribution in [0, 0.1) is 13.8 Å². The van der Waals surface area contributed by atoms with Crippen molar-refractivity contribution in [3.8, 4) is 0 Å². The summed E-state index contributed by atoms with van der Waals surface area (Å²) >= 11 is 0. The molecular weight excluding hydrogens is 168 g/mol. The largest absolute Gasteiger partial charge is 0.392 e. The SMILES string of the molecule is Cc1cc(C)cc(C(=O)OC=O)c1. The van der Waals surface area contributed by atoms with Crippen molar-refractivity contribution in [2.24, 2.45) is 0 Å². The quantitative estimate of drug-likeness (QED) is 0.392. The third kappa shape index (κ3) is 2.40. The molecule has 0 amide bonds. The molecular formula is C10H10O3. The van der Waals surface area contributed by atoms with Gasteiger partial charge in [-0.1, -0.05) is 17.2 Å². The standard InChI is InChI=1S/C10H10O3/c1-7-3-8(2)5-9(4-7)10(12)13-6-11/h3-6H,1-2H3. The molecule has 0 bridgehead atoms. The van der Waals surface area contributed by atoms with E-state index in [0.717, 1.165) is 11.1 Å². The fourth-order valence-corrected chi connectivity index (χ4v) is 1.20. The molecule has 1 aromatic rings. The summed E-state index contributed by atoms with van der Waals surface area (Å²) in [5.74, 6) is -0.609. The van der Waals surface area contributed by atoms with E-state index < -0.39 is 5.97 Å². The molecule has 0 aliphatic rings. The molecule has 0 saturated carbocycles. The van der Waals surface area contributed by atoms with Gasteiger partial charge in [0.15, 0.2) is 0 Å². The van der Waals surface area contributed by atoms with Crippen molar-refractivity contribution in [3.05, 3.63) is 34.9 Å². The van der Waals surface area contributed by atoms with Crippen molar-refractivity contribution in [2.75, 3.05) is 0 Å². The number of aryl methyl sites for hydroxylation is 2. The van der Waals surface area contributed by atoms with Crippen LogP contribution >= 0.6 is 0 Å². The summed E-state index contributed by atoms with van der Waals surface area (Å²) in [6.45, 7) is 3.90. The van der Waals surface area contributed by atoms with Gasteiger partial charge in [-0.3, -0.25) is 4.79 Å². The van der Waals surface area contributed by atoms with Gasteiger partial charge < -0.3 is 4.74 Å². The average molecular weight is 178 g/mol. The first kappa shape index (κ1) is 9.45. The highest BCUT2D eigenvalue weighted by Crippen LogP contribution is 2.09. The molecule has 0 spiro atoms. The van der Waals surface area contributed by atoms with E-state index in [1.165, 1.54) is 0 Å². The number of hydrogen-bond acceptors (Lipinski definition) is 3. The normalized spacial score (nSPS) is 9.38. The maximum atomic E-state index is 11.1. The Morgan fingerprint density at radius 3 is 2.23 bits per heavy atom. The van der Waals surface area contributed by atoms with Crippen molar-refractivity contribution in [1.29, 1.82) is 0 Å². The highest BCUT2D eigenvalue weighted by molar-refractivity contribution is 5.93. The number of esters is 1. The van der Waals surface area contributed by atoms with E-state index >= 15 is 0 Å². The second-order valence-corrected chi connectivity index (χ2v) is 2.88. The molecule has 0 aromatic heterocycles. The Hall–Kier alpha value is -1.64. The summed E-state index contributed by atoms with van der Waals surface area (Å²) in [5, 5.41) is 0. The van der Waals surface area contributed by atoms with Crippen LogP contribution in [0.1, 0.15) is 21.5 Å². The Balaban J connectivity index is 3.00. The van der Waals surface area contributed by atoms with E-state index in [0.29, 0.717) is 5.56 Å². The summed E-state index contributed by atoms with van der Waals surface area (Å²) in [4.78, 5) is 21.0. The molecule has 0 radical (unpaired) electrons. The van der Waals surface area contributed by atoms with Gasteiger partial charge in [-0.05, 0) is 26.0 Å². The predicted octanol–water partition coefficient (Wildman–Crippen LogP) is 1.62. The number of rotatable bonds is 2. The fourth-order valence-electron chi connectivity index (χ4n) is 1.20. The summed E-state index contributed by atoms with van der Waals surface area (Å²) in [6.07, 6.45) is 0. The minimum Gasteiger partial charge on any atom is -0.392 e. The highest BCUT2D eigenvalue weighted by atomic mass is 16.6. The van der Waals surface area contributed by atoms with E-state index in [1.54, 1.807) is 12.1 Å². The lowest BCUT2D eigenvalue weighted by molar-refractivity contribution is -0.123. The maximum absolute atomic E-state index is 11.1. The van der Waals surface area contributed by atoms with Gasteiger partial charge >= 0.3 is 12.4 Å². The lowest BCUT2D eigenvalue weighted by atomic mass is 10.1. The molecule has 0 saturated heterocycles. The molecule has 3 heteroatoms. The van der Waals surface area contributed by atoms with Crippen molar-refractivity contribution in [1.82, 2.24) is 0 Å². The smallest absolute Gasteiger partial charge is 0.345 e. The molecule has 0 fully saturated rings. The zero-order valence-electron chi connectivity index (χ0n) is 7.53. The van der Waals surface area contributed by atoms with Crippen LogP contribution in [-0.4, -0.2) is 12.4 Å². The topological polar surface area (TPSA) is 43.4 Å². The van der Waals surface area contributed by atoms with E-state index in [-0.39, 0.29) is 6.47 Å². The first-order valence-corrected chi connectivity index (χ1v) is 3.86. The van der Waals surface area contributed by atoms with Crippen LogP contribution in [0.2, 0.25) is 0 Å². The number of carbonyl (C=O) groups is 2. The maximum Gasteiger partial charge on any atom is 0.345 e. The molecule has 13 heavy (non-hydrogen) atoms. The highest BCUT2D eigenvalue weighted by Gasteiger charge is 2.06. The molecule has 0 heterocycles. The lowest BCUT2D eigenvalue weighted by Gasteiger charge is -2.01. The minimum absolute atomic E-state index is 0.139. The van der Waals surface area contributed by atoms with Crippen molar-refractivity contribution >= 4 is 12.4 Å². The van der Waals surface area contributed by atoms with Crippen LogP contribution in [0.3, 0.4) is 0 Å². The van der Waals surface area contributed by atoms with Gasteiger partial charge in [-0.2, -0.15) is 0 Å². The summed E-state index contributed by atoms with van der Waals surface area (Å²) in [5.41, 5.74) is 2.35. The monoisotopic (exact) mass is 178 g/mol. The lowest BCUT2D eigenvalue weighted by Crippen LogP contribution is -2.03. The van der Waals surface area contributed by atoms with E-state index in [4.69, 9.17) is 0 Å². The van der Waals surface area contributed by atoms with Gasteiger partial charge in [0.2, 0.25) is 0 Å². The Kier molecular flexibility index (Phi) is 2.80. The fraction of sp³-hybridized carbons (Fsp3) is 0.200. The molecule has 3 nitrogen and oxygen atoms in total. The first-order chi connectivity index (χ1) is 6.13. The number of benzene rings is 1. The van der Waals surface area contributed by atoms with Crippen molar-refractivity contribution in [2.45, 2.75) is 13.8 Å². The molecule has 0 aliphatic heterocycles. The molecule has 0 N–H and O–H groups in total. The second kappa shape index (κ2) is 3.85. The number of carbonyl (C=O) groups excluding carboxylic acids is 2. The van der Waals surface area contributed by atoms with E-state index in [1.807, 2.05) is 19.9 Å². The number of hydrogen-bond donors (Lipinski definition) is 0. The summed E-state index contributed by atoms with van der Waals surface area (Å²) in [7, 11) is 0. The van der Waals surface area contributed by atoms with Gasteiger partial charge in [0.1, 0.15) is 0 Å². The third-order valence-corrected chi connectivity index (χ3v) is 1.61. The minimum atomic E-state index is -0.609. The molecule has 68 valence electrons. The summed E-state index contributed by atoms with van der Waals surface area (Å²) in [6, 6.07) is 5.30. The Morgan fingerprint density at radius 1 is 1.23 bits per heavy atom. The van der Waals surface area contributed by atoms with Gasteiger partial charge in [0, 0.05) is 0 Å². The Morgan fingerprint density at radius 2 is 1.77 bits per heavy atom. The van der Waals surface area contributed by atoms with Crippen LogP contribution in [0.15, 0.2) is 18.2 Å². The van der Waals surface area contributed by atoms with Crippen LogP contribution in [-0.2, 0) is 9.53 Å². The molecule has 0 atom stereocenters. The predicted molar refractivity (Wildman–Crippen MR) is 47.4 cm³/mol. The first-order valence-electron chi connectivity index (χ1n) is 3.86. The third-order valence-electron chi connectivity index (χ3n) is 1.61. The van der Waals surface area contributed by atoms with Crippen LogP contribution in [0.25, 0.3) is 0 Å². The molecule has 0 aliphatic carbocycles. The van der Waals surface area contributed by atoms with Gasteiger partial charge in [0.25, 0.3) is 0 Å². The van der Waals surface area contributed by atoms with Crippen LogP contribution in [0.5, 0.6) is 0 Å². The second-order valence-electron chi connectivity index (χ2n) is 2.88. The Bertz CT molecular complexity index is 322.